The molecule has 2 aromatic rings. The molecule has 4 rings (SSSR count). The molecule has 2 aliphatic heterocycles. The lowest BCUT2D eigenvalue weighted by Gasteiger charge is -2.28. The number of benzene rings is 2. The van der Waals surface area contributed by atoms with Gasteiger partial charge < -0.3 is 4.90 Å². The van der Waals surface area contributed by atoms with E-state index in [1.54, 1.807) is 4.90 Å². The van der Waals surface area contributed by atoms with Crippen LogP contribution in [0.25, 0.3) is 6.08 Å². The summed E-state index contributed by atoms with van der Waals surface area (Å²) in [6.07, 6.45) is 5.90. The van der Waals surface area contributed by atoms with Crippen molar-refractivity contribution in [3.8, 4) is 0 Å². The van der Waals surface area contributed by atoms with E-state index in [1.807, 2.05) is 13.0 Å². The fourth-order valence-electron chi connectivity index (χ4n) is 4.42. The summed E-state index contributed by atoms with van der Waals surface area (Å²) in [5, 5.41) is 0.756. The molecule has 0 unspecified atom stereocenters. The highest BCUT2D eigenvalue weighted by atomic mass is 32.2. The van der Waals surface area contributed by atoms with Gasteiger partial charge in [0.05, 0.1) is 10.6 Å². The van der Waals surface area contributed by atoms with Gasteiger partial charge in [-0.25, -0.2) is 4.99 Å². The number of likely N-dealkylation sites (N-methyl/N-ethyl adjacent to an activating group) is 1. The summed E-state index contributed by atoms with van der Waals surface area (Å²) in [7, 11) is 0. The molecule has 2 fully saturated rings. The van der Waals surface area contributed by atoms with Crippen molar-refractivity contribution in [3.05, 3.63) is 63.6 Å². The first kappa shape index (κ1) is 21.7. The van der Waals surface area contributed by atoms with E-state index < -0.39 is 0 Å². The van der Waals surface area contributed by atoms with Crippen molar-refractivity contribution in [2.75, 3.05) is 24.5 Å². The molecule has 0 saturated carbocycles. The van der Waals surface area contributed by atoms with Crippen LogP contribution in [0.15, 0.2) is 46.3 Å². The molecule has 31 heavy (non-hydrogen) atoms. The van der Waals surface area contributed by atoms with Crippen LogP contribution < -0.4 is 4.90 Å². The Kier molecular flexibility index (Phi) is 6.51. The fraction of sp³-hybridized carbons (Fsp3) is 0.385. The number of aryl methyl sites for hydroxylation is 3. The standard InChI is InChI=1S/C26H31N3OS/c1-5-29-25(30)24(17-23-19(3)15-18(2)16-20(23)4)31-26(29)27-21-9-11-22(12-10-21)28-13-7-6-8-14-28/h9-12,15-17H,5-8,13-14H2,1-4H3/b24-17-,27-26?. The van der Waals surface area contributed by atoms with E-state index in [0.29, 0.717) is 6.54 Å². The number of carbonyl (C=O) groups excluding carboxylic acids is 1. The summed E-state index contributed by atoms with van der Waals surface area (Å²) in [5.74, 6) is 0.0376. The van der Waals surface area contributed by atoms with E-state index in [4.69, 9.17) is 4.99 Å². The Labute approximate surface area is 190 Å². The van der Waals surface area contributed by atoms with Gasteiger partial charge in [-0.3, -0.25) is 9.69 Å². The monoisotopic (exact) mass is 433 g/mol. The average Bonchev–Trinajstić information content (AvgIpc) is 3.05. The van der Waals surface area contributed by atoms with E-state index in [-0.39, 0.29) is 5.91 Å². The third kappa shape index (κ3) is 4.72. The third-order valence-corrected chi connectivity index (χ3v) is 7.02. The second-order valence-electron chi connectivity index (χ2n) is 8.43. The summed E-state index contributed by atoms with van der Waals surface area (Å²) in [4.78, 5) is 22.8. The van der Waals surface area contributed by atoms with Crippen LogP contribution in [0.3, 0.4) is 0 Å². The van der Waals surface area contributed by atoms with Gasteiger partial charge in [0.25, 0.3) is 5.91 Å². The van der Waals surface area contributed by atoms with Crippen molar-refractivity contribution >= 4 is 40.3 Å². The van der Waals surface area contributed by atoms with Crippen LogP contribution >= 0.6 is 11.8 Å². The van der Waals surface area contributed by atoms with Gasteiger partial charge in [-0.15, -0.1) is 0 Å². The van der Waals surface area contributed by atoms with E-state index in [2.05, 4.69) is 62.1 Å². The number of thioether (sulfide) groups is 1. The maximum absolute atomic E-state index is 13.0. The largest absolute Gasteiger partial charge is 0.372 e. The predicted octanol–water partition coefficient (Wildman–Crippen LogP) is 6.23. The zero-order valence-corrected chi connectivity index (χ0v) is 19.8. The summed E-state index contributed by atoms with van der Waals surface area (Å²) < 4.78 is 0. The van der Waals surface area contributed by atoms with Crippen LogP contribution in [0.4, 0.5) is 11.4 Å². The summed E-state index contributed by atoms with van der Waals surface area (Å²) in [5.41, 5.74) is 6.91. The maximum atomic E-state index is 13.0. The predicted molar refractivity (Wildman–Crippen MR) is 133 cm³/mol. The van der Waals surface area contributed by atoms with Crippen molar-refractivity contribution in [1.82, 2.24) is 4.90 Å². The normalized spacial score (nSPS) is 19.7. The first-order valence-electron chi connectivity index (χ1n) is 11.2. The molecule has 2 aromatic carbocycles. The highest BCUT2D eigenvalue weighted by Gasteiger charge is 2.32. The van der Waals surface area contributed by atoms with Gasteiger partial charge in [-0.1, -0.05) is 17.7 Å². The Morgan fingerprint density at radius 2 is 1.65 bits per heavy atom. The van der Waals surface area contributed by atoms with Crippen molar-refractivity contribution in [2.24, 2.45) is 4.99 Å². The van der Waals surface area contributed by atoms with E-state index >= 15 is 0 Å². The second kappa shape index (κ2) is 9.31. The molecule has 0 N–H and O–H groups in total. The van der Waals surface area contributed by atoms with E-state index in [9.17, 15) is 4.79 Å². The van der Waals surface area contributed by atoms with Gasteiger partial charge in [0.2, 0.25) is 0 Å². The Morgan fingerprint density at radius 3 is 2.26 bits per heavy atom. The van der Waals surface area contributed by atoms with Crippen LogP contribution in [0.5, 0.6) is 0 Å². The summed E-state index contributed by atoms with van der Waals surface area (Å²) in [6.45, 7) is 11.2. The van der Waals surface area contributed by atoms with Crippen LogP contribution in [0.2, 0.25) is 0 Å². The Balaban J connectivity index is 1.59. The molecule has 2 heterocycles. The smallest absolute Gasteiger partial charge is 0.266 e. The molecule has 1 amide bonds. The highest BCUT2D eigenvalue weighted by molar-refractivity contribution is 8.18. The zero-order valence-electron chi connectivity index (χ0n) is 18.9. The molecule has 0 aliphatic carbocycles. The van der Waals surface area contributed by atoms with Crippen LogP contribution in [-0.4, -0.2) is 35.6 Å². The molecule has 2 saturated heterocycles. The molecule has 0 spiro atoms. The average molecular weight is 434 g/mol. The van der Waals surface area contributed by atoms with Crippen molar-refractivity contribution in [2.45, 2.75) is 47.0 Å². The lowest BCUT2D eigenvalue weighted by atomic mass is 9.99. The lowest BCUT2D eigenvalue weighted by Crippen LogP contribution is -2.29. The number of piperidine rings is 1. The van der Waals surface area contributed by atoms with Crippen molar-refractivity contribution in [1.29, 1.82) is 0 Å². The summed E-state index contributed by atoms with van der Waals surface area (Å²) >= 11 is 1.47. The SMILES string of the molecule is CCN1C(=O)/C(=C/c2c(C)cc(C)cc2C)SC1=Nc1ccc(N2CCCCC2)cc1. The van der Waals surface area contributed by atoms with Crippen LogP contribution in [0, 0.1) is 20.8 Å². The third-order valence-electron chi connectivity index (χ3n) is 6.01. The molecule has 0 bridgehead atoms. The molecule has 2 aliphatic rings. The molecule has 5 heteroatoms. The van der Waals surface area contributed by atoms with Gasteiger partial charge in [-0.2, -0.15) is 0 Å². The first-order chi connectivity index (χ1) is 15.0. The molecule has 162 valence electrons. The first-order valence-corrected chi connectivity index (χ1v) is 12.0. The quantitative estimate of drug-likeness (QED) is 0.537. The minimum Gasteiger partial charge on any atom is -0.372 e. The molecule has 0 atom stereocenters. The topological polar surface area (TPSA) is 35.9 Å². The maximum Gasteiger partial charge on any atom is 0.266 e. The van der Waals surface area contributed by atoms with E-state index in [0.717, 1.165) is 34.4 Å². The number of amides is 1. The number of anilines is 1. The number of rotatable bonds is 4. The van der Waals surface area contributed by atoms with Gasteiger partial charge >= 0.3 is 0 Å². The molecule has 0 aromatic heterocycles. The number of amidine groups is 1. The molecular weight excluding hydrogens is 402 g/mol. The van der Waals surface area contributed by atoms with Gasteiger partial charge in [0.15, 0.2) is 5.17 Å². The zero-order chi connectivity index (χ0) is 22.0. The number of hydrogen-bond acceptors (Lipinski definition) is 4. The fourth-order valence-corrected chi connectivity index (χ4v) is 5.46. The Morgan fingerprint density at radius 1 is 1.00 bits per heavy atom. The van der Waals surface area contributed by atoms with Crippen LogP contribution in [0.1, 0.15) is 48.4 Å². The minimum absolute atomic E-state index is 0.0376. The van der Waals surface area contributed by atoms with E-state index in [1.165, 1.54) is 53.4 Å². The van der Waals surface area contributed by atoms with Crippen molar-refractivity contribution < 1.29 is 4.79 Å². The lowest BCUT2D eigenvalue weighted by molar-refractivity contribution is -0.122. The van der Waals surface area contributed by atoms with Crippen molar-refractivity contribution in [3.63, 3.8) is 0 Å². The highest BCUT2D eigenvalue weighted by Crippen LogP contribution is 2.35. The minimum atomic E-state index is 0.0376. The number of hydrogen-bond donors (Lipinski definition) is 0. The number of carbonyl (C=O) groups is 1. The second-order valence-corrected chi connectivity index (χ2v) is 9.44. The Hall–Kier alpha value is -2.53. The number of nitrogens with zero attached hydrogens (tertiary/aromatic N) is 3. The molecular formula is C26H31N3OS. The number of aliphatic imine (C=N–C) groups is 1. The molecule has 0 radical (unpaired) electrons. The Bertz CT molecular complexity index is 1010. The van der Waals surface area contributed by atoms with Crippen LogP contribution in [-0.2, 0) is 4.79 Å². The van der Waals surface area contributed by atoms with Gasteiger partial charge in [0.1, 0.15) is 0 Å². The van der Waals surface area contributed by atoms with Gasteiger partial charge in [0, 0.05) is 25.3 Å². The molecule has 4 nitrogen and oxygen atoms in total. The summed E-state index contributed by atoms with van der Waals surface area (Å²) in [6, 6.07) is 12.8. The van der Waals surface area contributed by atoms with Gasteiger partial charge in [-0.05, 0) is 106 Å².